The van der Waals surface area contributed by atoms with Crippen molar-refractivity contribution in [1.29, 1.82) is 0 Å². The van der Waals surface area contributed by atoms with Gasteiger partial charge >= 0.3 is 0 Å². The molecule has 0 aliphatic rings. The average molecular weight is 234 g/mol. The Hall–Kier alpha value is -1.74. The summed E-state index contributed by atoms with van der Waals surface area (Å²) in [5.41, 5.74) is 7.64. The predicted molar refractivity (Wildman–Crippen MR) is 68.1 cm³/mol. The SMILES string of the molecule is Cc1cc(Cl)ccc1Nc1cccc(N)n1. The first-order valence-corrected chi connectivity index (χ1v) is 5.28. The second-order valence-corrected chi connectivity index (χ2v) is 3.97. The molecule has 1 aromatic carbocycles. The zero-order valence-electron chi connectivity index (χ0n) is 8.87. The van der Waals surface area contributed by atoms with E-state index in [2.05, 4.69) is 10.3 Å². The Labute approximate surface area is 99.3 Å². The summed E-state index contributed by atoms with van der Waals surface area (Å²) in [4.78, 5) is 4.17. The van der Waals surface area contributed by atoms with Crippen LogP contribution in [0.25, 0.3) is 0 Å². The number of hydrogen-bond acceptors (Lipinski definition) is 3. The predicted octanol–water partition coefficient (Wildman–Crippen LogP) is 3.37. The van der Waals surface area contributed by atoms with Crippen LogP contribution in [0.5, 0.6) is 0 Å². The van der Waals surface area contributed by atoms with Gasteiger partial charge in [-0.05, 0) is 42.8 Å². The minimum absolute atomic E-state index is 0.497. The first-order chi connectivity index (χ1) is 7.65. The fourth-order valence-electron chi connectivity index (χ4n) is 1.43. The van der Waals surface area contributed by atoms with Gasteiger partial charge in [-0.2, -0.15) is 0 Å². The van der Waals surface area contributed by atoms with Crippen molar-refractivity contribution in [3.63, 3.8) is 0 Å². The number of halogens is 1. The first kappa shape index (κ1) is 10.8. The van der Waals surface area contributed by atoms with E-state index in [1.54, 1.807) is 6.07 Å². The van der Waals surface area contributed by atoms with Gasteiger partial charge in [-0.1, -0.05) is 17.7 Å². The van der Waals surface area contributed by atoms with Gasteiger partial charge in [0.2, 0.25) is 0 Å². The van der Waals surface area contributed by atoms with E-state index >= 15 is 0 Å². The number of nitrogen functional groups attached to an aromatic ring is 1. The lowest BCUT2D eigenvalue weighted by molar-refractivity contribution is 1.30. The van der Waals surface area contributed by atoms with Crippen LogP contribution in [0.2, 0.25) is 5.02 Å². The van der Waals surface area contributed by atoms with E-state index in [9.17, 15) is 0 Å². The summed E-state index contributed by atoms with van der Waals surface area (Å²) in [7, 11) is 0. The number of pyridine rings is 1. The average Bonchev–Trinajstić information content (AvgIpc) is 2.22. The van der Waals surface area contributed by atoms with Crippen LogP contribution in [0.1, 0.15) is 5.56 Å². The van der Waals surface area contributed by atoms with Crippen LogP contribution in [0.3, 0.4) is 0 Å². The smallest absolute Gasteiger partial charge is 0.132 e. The Morgan fingerprint density at radius 3 is 2.75 bits per heavy atom. The third-order valence-electron chi connectivity index (χ3n) is 2.22. The van der Waals surface area contributed by atoms with Gasteiger partial charge in [0, 0.05) is 10.7 Å². The van der Waals surface area contributed by atoms with Crippen LogP contribution < -0.4 is 11.1 Å². The monoisotopic (exact) mass is 233 g/mol. The number of aryl methyl sites for hydroxylation is 1. The summed E-state index contributed by atoms with van der Waals surface area (Å²) in [6, 6.07) is 11.1. The normalized spacial score (nSPS) is 10.1. The lowest BCUT2D eigenvalue weighted by Crippen LogP contribution is -1.97. The molecule has 0 amide bonds. The molecule has 0 aliphatic heterocycles. The van der Waals surface area contributed by atoms with Crippen molar-refractivity contribution in [2.45, 2.75) is 6.92 Å². The van der Waals surface area contributed by atoms with E-state index in [0.29, 0.717) is 5.82 Å². The lowest BCUT2D eigenvalue weighted by Gasteiger charge is -2.09. The van der Waals surface area contributed by atoms with E-state index in [1.807, 2.05) is 37.3 Å². The number of aromatic nitrogens is 1. The van der Waals surface area contributed by atoms with E-state index in [1.165, 1.54) is 0 Å². The number of nitrogens with zero attached hydrogens (tertiary/aromatic N) is 1. The van der Waals surface area contributed by atoms with E-state index in [0.717, 1.165) is 22.1 Å². The zero-order chi connectivity index (χ0) is 11.5. The molecule has 1 heterocycles. The van der Waals surface area contributed by atoms with Gasteiger partial charge in [-0.15, -0.1) is 0 Å². The van der Waals surface area contributed by atoms with Gasteiger partial charge in [0.1, 0.15) is 11.6 Å². The fraction of sp³-hybridized carbons (Fsp3) is 0.0833. The van der Waals surface area contributed by atoms with Crippen LogP contribution in [0.15, 0.2) is 36.4 Å². The maximum Gasteiger partial charge on any atom is 0.132 e. The Morgan fingerprint density at radius 1 is 1.25 bits per heavy atom. The minimum Gasteiger partial charge on any atom is -0.384 e. The molecule has 16 heavy (non-hydrogen) atoms. The van der Waals surface area contributed by atoms with Gasteiger partial charge in [0.05, 0.1) is 0 Å². The Balaban J connectivity index is 2.27. The molecule has 2 rings (SSSR count). The van der Waals surface area contributed by atoms with Crippen molar-refractivity contribution in [2.24, 2.45) is 0 Å². The molecule has 4 heteroatoms. The van der Waals surface area contributed by atoms with Crippen LogP contribution >= 0.6 is 11.6 Å². The highest BCUT2D eigenvalue weighted by Crippen LogP contribution is 2.22. The van der Waals surface area contributed by atoms with E-state index in [-0.39, 0.29) is 0 Å². The van der Waals surface area contributed by atoms with Gasteiger partial charge in [-0.25, -0.2) is 4.98 Å². The number of hydrogen-bond donors (Lipinski definition) is 2. The Morgan fingerprint density at radius 2 is 2.06 bits per heavy atom. The fourth-order valence-corrected chi connectivity index (χ4v) is 1.65. The molecule has 3 nitrogen and oxygen atoms in total. The molecule has 2 aromatic rings. The maximum atomic E-state index is 5.88. The molecule has 3 N–H and O–H groups in total. The molecule has 0 unspecified atom stereocenters. The van der Waals surface area contributed by atoms with Crippen molar-refractivity contribution in [3.8, 4) is 0 Å². The number of nitrogens with one attached hydrogen (secondary N) is 1. The molecule has 0 fully saturated rings. The van der Waals surface area contributed by atoms with E-state index in [4.69, 9.17) is 17.3 Å². The summed E-state index contributed by atoms with van der Waals surface area (Å²) in [6.07, 6.45) is 0. The molecule has 0 saturated heterocycles. The molecule has 82 valence electrons. The topological polar surface area (TPSA) is 50.9 Å². The Kier molecular flexibility index (Phi) is 2.97. The first-order valence-electron chi connectivity index (χ1n) is 4.91. The van der Waals surface area contributed by atoms with Gasteiger partial charge in [0.15, 0.2) is 0 Å². The van der Waals surface area contributed by atoms with Crippen molar-refractivity contribution in [1.82, 2.24) is 4.98 Å². The van der Waals surface area contributed by atoms with Crippen molar-refractivity contribution < 1.29 is 0 Å². The number of benzene rings is 1. The molecule has 1 aromatic heterocycles. The lowest BCUT2D eigenvalue weighted by atomic mass is 10.2. The van der Waals surface area contributed by atoms with E-state index < -0.39 is 0 Å². The molecule has 0 radical (unpaired) electrons. The summed E-state index contributed by atoms with van der Waals surface area (Å²) in [5, 5.41) is 3.92. The van der Waals surface area contributed by atoms with Gasteiger partial charge in [0.25, 0.3) is 0 Å². The summed E-state index contributed by atoms with van der Waals surface area (Å²) < 4.78 is 0. The summed E-state index contributed by atoms with van der Waals surface area (Å²) in [5.74, 6) is 1.22. The minimum atomic E-state index is 0.497. The number of rotatable bonds is 2. The molecular formula is C12H12ClN3. The highest BCUT2D eigenvalue weighted by molar-refractivity contribution is 6.30. The quantitative estimate of drug-likeness (QED) is 0.836. The highest BCUT2D eigenvalue weighted by atomic mass is 35.5. The molecule has 0 spiro atoms. The third-order valence-corrected chi connectivity index (χ3v) is 2.46. The third kappa shape index (κ3) is 2.44. The Bertz CT molecular complexity index is 511. The molecule has 0 saturated carbocycles. The molecule has 0 bridgehead atoms. The van der Waals surface area contributed by atoms with Gasteiger partial charge in [-0.3, -0.25) is 0 Å². The van der Waals surface area contributed by atoms with Crippen LogP contribution in [0.4, 0.5) is 17.3 Å². The van der Waals surface area contributed by atoms with Crippen LogP contribution in [-0.4, -0.2) is 4.98 Å². The number of nitrogens with two attached hydrogens (primary N) is 1. The second-order valence-electron chi connectivity index (χ2n) is 3.53. The second kappa shape index (κ2) is 4.41. The zero-order valence-corrected chi connectivity index (χ0v) is 9.62. The molecule has 0 aliphatic carbocycles. The molecular weight excluding hydrogens is 222 g/mol. The summed E-state index contributed by atoms with van der Waals surface area (Å²) in [6.45, 7) is 1.99. The largest absolute Gasteiger partial charge is 0.384 e. The van der Waals surface area contributed by atoms with Crippen LogP contribution in [0, 0.1) is 6.92 Å². The highest BCUT2D eigenvalue weighted by Gasteiger charge is 2.00. The number of anilines is 3. The standard InChI is InChI=1S/C12H12ClN3/c1-8-7-9(13)5-6-10(8)15-12-4-2-3-11(14)16-12/h2-7H,1H3,(H3,14,15,16). The van der Waals surface area contributed by atoms with Crippen LogP contribution in [-0.2, 0) is 0 Å². The van der Waals surface area contributed by atoms with Crippen molar-refractivity contribution >= 4 is 28.9 Å². The van der Waals surface area contributed by atoms with Gasteiger partial charge < -0.3 is 11.1 Å². The van der Waals surface area contributed by atoms with Crippen molar-refractivity contribution in [2.75, 3.05) is 11.1 Å². The maximum absolute atomic E-state index is 5.88. The summed E-state index contributed by atoms with van der Waals surface area (Å²) >= 11 is 5.88. The molecule has 0 atom stereocenters. The van der Waals surface area contributed by atoms with Crippen molar-refractivity contribution in [3.05, 3.63) is 47.0 Å².